The molecule has 0 spiro atoms. The fraction of sp³-hybridized carbons (Fsp3) is 0. The highest BCUT2D eigenvalue weighted by Crippen LogP contribution is 2.26. The Morgan fingerprint density at radius 2 is 2.00 bits per heavy atom. The monoisotopic (exact) mass is 309 g/mol. The predicted octanol–water partition coefficient (Wildman–Crippen LogP) is 3.01. The van der Waals surface area contributed by atoms with Crippen LogP contribution >= 0.6 is 11.3 Å². The smallest absolute Gasteiger partial charge is 0.259 e. The summed E-state index contributed by atoms with van der Waals surface area (Å²) in [6.07, 6.45) is 0. The van der Waals surface area contributed by atoms with E-state index < -0.39 is 0 Å². The Morgan fingerprint density at radius 1 is 1.14 bits per heavy atom. The third kappa shape index (κ3) is 2.08. The zero-order valence-electron chi connectivity index (χ0n) is 11.3. The van der Waals surface area contributed by atoms with Gasteiger partial charge in [-0.25, -0.2) is 9.97 Å². The Hall–Kier alpha value is -2.93. The van der Waals surface area contributed by atoms with Crippen molar-refractivity contribution in [3.05, 3.63) is 48.0 Å². The van der Waals surface area contributed by atoms with Gasteiger partial charge in [-0.05, 0) is 24.3 Å². The van der Waals surface area contributed by atoms with E-state index in [2.05, 4.69) is 20.3 Å². The lowest BCUT2D eigenvalue weighted by molar-refractivity contribution is 0.102. The Balaban J connectivity index is 1.71. The zero-order valence-corrected chi connectivity index (χ0v) is 12.1. The van der Waals surface area contributed by atoms with E-state index in [1.54, 1.807) is 12.1 Å². The number of anilines is 2. The van der Waals surface area contributed by atoms with Crippen molar-refractivity contribution in [2.75, 3.05) is 11.1 Å². The van der Waals surface area contributed by atoms with Crippen molar-refractivity contribution in [3.8, 4) is 0 Å². The van der Waals surface area contributed by atoms with E-state index in [1.165, 1.54) is 11.3 Å². The molecule has 0 unspecified atom stereocenters. The van der Waals surface area contributed by atoms with Gasteiger partial charge in [-0.2, -0.15) is 0 Å². The Bertz CT molecular complexity index is 970. The Morgan fingerprint density at radius 3 is 2.86 bits per heavy atom. The van der Waals surface area contributed by atoms with E-state index in [4.69, 9.17) is 5.73 Å². The molecule has 6 nitrogen and oxygen atoms in total. The van der Waals surface area contributed by atoms with E-state index in [0.717, 1.165) is 15.7 Å². The second kappa shape index (κ2) is 4.81. The number of fused-ring (bicyclic) bond motifs is 2. The van der Waals surface area contributed by atoms with Crippen LogP contribution in [0.2, 0.25) is 0 Å². The van der Waals surface area contributed by atoms with Gasteiger partial charge in [-0.15, -0.1) is 0 Å². The summed E-state index contributed by atoms with van der Waals surface area (Å²) >= 11 is 1.43. The fourth-order valence-electron chi connectivity index (χ4n) is 2.32. The molecular formula is C15H11N5OS. The standard InChI is InChI=1S/C15H11N5OS/c16-14-17-10-6-3-4-8(12(10)19-14)13(21)20-15-18-9-5-1-2-7-11(9)22-15/h1-7H,(H3,16,17,19)(H,18,20,21). The molecule has 2 heterocycles. The SMILES string of the molecule is Nc1nc2c(C(=O)Nc3nc4ccccc4s3)cccc2[nH]1. The number of rotatable bonds is 2. The number of hydrogen-bond acceptors (Lipinski definition) is 5. The van der Waals surface area contributed by atoms with Crippen molar-refractivity contribution in [2.45, 2.75) is 0 Å². The van der Waals surface area contributed by atoms with Gasteiger partial charge in [-0.3, -0.25) is 10.1 Å². The number of aromatic nitrogens is 3. The van der Waals surface area contributed by atoms with Crippen LogP contribution in [-0.2, 0) is 0 Å². The fourth-order valence-corrected chi connectivity index (χ4v) is 3.19. The number of carbonyl (C=O) groups excluding carboxylic acids is 1. The van der Waals surface area contributed by atoms with Crippen LogP contribution in [0, 0.1) is 0 Å². The molecule has 0 radical (unpaired) electrons. The molecule has 0 aliphatic carbocycles. The molecule has 0 atom stereocenters. The maximum atomic E-state index is 12.5. The molecule has 0 aliphatic heterocycles. The number of amides is 1. The first-order valence-electron chi connectivity index (χ1n) is 6.62. The number of para-hydroxylation sites is 2. The van der Waals surface area contributed by atoms with Crippen LogP contribution in [0.3, 0.4) is 0 Å². The van der Waals surface area contributed by atoms with E-state index >= 15 is 0 Å². The van der Waals surface area contributed by atoms with Gasteiger partial charge >= 0.3 is 0 Å². The minimum atomic E-state index is -0.254. The minimum Gasteiger partial charge on any atom is -0.369 e. The lowest BCUT2D eigenvalue weighted by Gasteiger charge is -2.02. The van der Waals surface area contributed by atoms with Crippen molar-refractivity contribution < 1.29 is 4.79 Å². The van der Waals surface area contributed by atoms with Crippen molar-refractivity contribution in [1.82, 2.24) is 15.0 Å². The maximum Gasteiger partial charge on any atom is 0.259 e. The van der Waals surface area contributed by atoms with Gasteiger partial charge in [0.05, 0.1) is 21.3 Å². The first-order valence-corrected chi connectivity index (χ1v) is 7.43. The first-order chi connectivity index (χ1) is 10.7. The molecule has 0 aliphatic rings. The van der Waals surface area contributed by atoms with Crippen LogP contribution in [0.1, 0.15) is 10.4 Å². The normalized spacial score (nSPS) is 11.1. The number of thiazole rings is 1. The van der Waals surface area contributed by atoms with Crippen LogP contribution in [-0.4, -0.2) is 20.9 Å². The van der Waals surface area contributed by atoms with Crippen molar-refractivity contribution in [3.63, 3.8) is 0 Å². The predicted molar refractivity (Wildman–Crippen MR) is 88.1 cm³/mol. The Kier molecular flexibility index (Phi) is 2.80. The molecule has 22 heavy (non-hydrogen) atoms. The summed E-state index contributed by atoms with van der Waals surface area (Å²) < 4.78 is 1.03. The quantitative estimate of drug-likeness (QED) is 0.530. The molecule has 4 aromatic rings. The van der Waals surface area contributed by atoms with Crippen LogP contribution in [0.4, 0.5) is 11.1 Å². The van der Waals surface area contributed by atoms with Crippen LogP contribution < -0.4 is 11.1 Å². The van der Waals surface area contributed by atoms with Gasteiger partial charge in [0.15, 0.2) is 11.1 Å². The van der Waals surface area contributed by atoms with Crippen LogP contribution in [0.25, 0.3) is 21.3 Å². The lowest BCUT2D eigenvalue weighted by atomic mass is 10.2. The molecule has 1 amide bonds. The summed E-state index contributed by atoms with van der Waals surface area (Å²) in [5, 5.41) is 3.38. The number of nitrogen functional groups attached to an aromatic ring is 1. The zero-order chi connectivity index (χ0) is 15.1. The molecule has 108 valence electrons. The van der Waals surface area contributed by atoms with E-state index in [-0.39, 0.29) is 11.9 Å². The van der Waals surface area contributed by atoms with Crippen molar-refractivity contribution >= 4 is 49.6 Å². The third-order valence-corrected chi connectivity index (χ3v) is 4.24. The number of H-pyrrole nitrogens is 1. The topological polar surface area (TPSA) is 96.7 Å². The second-order valence-electron chi connectivity index (χ2n) is 4.76. The van der Waals surface area contributed by atoms with Gasteiger partial charge in [0.25, 0.3) is 5.91 Å². The number of hydrogen-bond donors (Lipinski definition) is 3. The molecule has 0 saturated carbocycles. The summed E-state index contributed by atoms with van der Waals surface area (Å²) in [7, 11) is 0. The molecule has 4 N–H and O–H groups in total. The van der Waals surface area contributed by atoms with Crippen molar-refractivity contribution in [1.29, 1.82) is 0 Å². The number of benzene rings is 2. The molecule has 2 aromatic carbocycles. The van der Waals surface area contributed by atoms with Crippen molar-refractivity contribution in [2.24, 2.45) is 0 Å². The summed E-state index contributed by atoms with van der Waals surface area (Å²) in [5.41, 5.74) is 8.27. The van der Waals surface area contributed by atoms with E-state index in [0.29, 0.717) is 16.2 Å². The van der Waals surface area contributed by atoms with Crippen LogP contribution in [0.5, 0.6) is 0 Å². The van der Waals surface area contributed by atoms with Gasteiger partial charge < -0.3 is 10.7 Å². The number of nitrogens with zero attached hydrogens (tertiary/aromatic N) is 2. The van der Waals surface area contributed by atoms with Gasteiger partial charge in [0, 0.05) is 0 Å². The summed E-state index contributed by atoms with van der Waals surface area (Å²) in [5.74, 6) is 0.0337. The minimum absolute atomic E-state index is 0.254. The number of imidazole rings is 1. The number of nitrogens with two attached hydrogens (primary N) is 1. The second-order valence-corrected chi connectivity index (χ2v) is 5.80. The van der Waals surface area contributed by atoms with Crippen LogP contribution in [0.15, 0.2) is 42.5 Å². The first kappa shape index (κ1) is 12.8. The largest absolute Gasteiger partial charge is 0.369 e. The molecule has 0 bridgehead atoms. The summed E-state index contributed by atoms with van der Waals surface area (Å²) in [6.45, 7) is 0. The molecule has 0 fully saturated rings. The maximum absolute atomic E-state index is 12.5. The summed E-state index contributed by atoms with van der Waals surface area (Å²) in [4.78, 5) is 23.9. The van der Waals surface area contributed by atoms with Gasteiger partial charge in [0.2, 0.25) is 0 Å². The third-order valence-electron chi connectivity index (χ3n) is 3.29. The summed E-state index contributed by atoms with van der Waals surface area (Å²) in [6, 6.07) is 13.1. The van der Waals surface area contributed by atoms with Gasteiger partial charge in [0.1, 0.15) is 5.52 Å². The highest BCUT2D eigenvalue weighted by Gasteiger charge is 2.14. The van der Waals surface area contributed by atoms with E-state index in [1.807, 2.05) is 30.3 Å². The lowest BCUT2D eigenvalue weighted by Crippen LogP contribution is -2.12. The molecule has 4 rings (SSSR count). The molecule has 0 saturated heterocycles. The highest BCUT2D eigenvalue weighted by molar-refractivity contribution is 7.22. The Labute approximate surface area is 129 Å². The average Bonchev–Trinajstić information content (AvgIpc) is 3.07. The number of aromatic amines is 1. The van der Waals surface area contributed by atoms with Gasteiger partial charge in [-0.1, -0.05) is 29.5 Å². The highest BCUT2D eigenvalue weighted by atomic mass is 32.1. The molecule has 2 aromatic heterocycles. The average molecular weight is 309 g/mol. The van der Waals surface area contributed by atoms with E-state index in [9.17, 15) is 4.79 Å². The number of carbonyl (C=O) groups is 1. The molecule has 7 heteroatoms. The molecular weight excluding hydrogens is 298 g/mol. The number of nitrogens with one attached hydrogen (secondary N) is 2.